The Bertz CT molecular complexity index is 866. The number of fused-ring (bicyclic) bond motifs is 1. The van der Waals surface area contributed by atoms with Crippen LogP contribution in [0.2, 0.25) is 0 Å². The molecule has 0 atom stereocenters. The highest BCUT2D eigenvalue weighted by Crippen LogP contribution is 2.22. The standard InChI is InChI=1S/C16H15FN2OS/c1-3-12-8-13-15(21-12)18-10(2)19(16(13)20)9-11-6-4-5-7-14(11)17/h4-8H,3,9H2,1-2H3. The van der Waals surface area contributed by atoms with Gasteiger partial charge in [-0.3, -0.25) is 9.36 Å². The van der Waals surface area contributed by atoms with E-state index in [1.807, 2.05) is 6.07 Å². The average Bonchev–Trinajstić information content (AvgIpc) is 2.88. The molecular formula is C16H15FN2OS. The SMILES string of the molecule is CCc1cc2c(=O)n(Cc3ccccc3F)c(C)nc2s1. The van der Waals surface area contributed by atoms with E-state index in [2.05, 4.69) is 11.9 Å². The van der Waals surface area contributed by atoms with Crippen LogP contribution in [0.4, 0.5) is 4.39 Å². The average molecular weight is 302 g/mol. The van der Waals surface area contributed by atoms with E-state index in [0.717, 1.165) is 16.1 Å². The Balaban J connectivity index is 2.14. The van der Waals surface area contributed by atoms with Crippen LogP contribution in [0.5, 0.6) is 0 Å². The Morgan fingerprint density at radius 3 is 2.81 bits per heavy atom. The van der Waals surface area contributed by atoms with Crippen LogP contribution in [0.1, 0.15) is 23.2 Å². The molecule has 0 fully saturated rings. The maximum absolute atomic E-state index is 13.8. The monoisotopic (exact) mass is 302 g/mol. The number of hydrogen-bond acceptors (Lipinski definition) is 3. The van der Waals surface area contributed by atoms with Crippen LogP contribution in [0.3, 0.4) is 0 Å². The summed E-state index contributed by atoms with van der Waals surface area (Å²) >= 11 is 1.55. The fourth-order valence-electron chi connectivity index (χ4n) is 2.32. The molecule has 0 spiro atoms. The number of aryl methyl sites for hydroxylation is 2. The van der Waals surface area contributed by atoms with Crippen molar-refractivity contribution in [2.75, 3.05) is 0 Å². The van der Waals surface area contributed by atoms with Gasteiger partial charge in [0.05, 0.1) is 11.9 Å². The Kier molecular flexibility index (Phi) is 3.59. The van der Waals surface area contributed by atoms with E-state index in [1.165, 1.54) is 10.6 Å². The fraction of sp³-hybridized carbons (Fsp3) is 0.250. The number of halogens is 1. The summed E-state index contributed by atoms with van der Waals surface area (Å²) in [6, 6.07) is 8.40. The molecule has 0 N–H and O–H groups in total. The number of benzene rings is 1. The summed E-state index contributed by atoms with van der Waals surface area (Å²) < 4.78 is 15.3. The van der Waals surface area contributed by atoms with Gasteiger partial charge in [-0.05, 0) is 25.5 Å². The molecule has 0 saturated heterocycles. The molecule has 5 heteroatoms. The highest BCUT2D eigenvalue weighted by atomic mass is 32.1. The Morgan fingerprint density at radius 2 is 2.10 bits per heavy atom. The van der Waals surface area contributed by atoms with Crippen LogP contribution >= 0.6 is 11.3 Å². The first kappa shape index (κ1) is 13.9. The van der Waals surface area contributed by atoms with Crippen LogP contribution < -0.4 is 5.56 Å². The van der Waals surface area contributed by atoms with Gasteiger partial charge in [0.15, 0.2) is 0 Å². The van der Waals surface area contributed by atoms with Crippen molar-refractivity contribution in [3.8, 4) is 0 Å². The van der Waals surface area contributed by atoms with Crippen molar-refractivity contribution in [1.82, 2.24) is 9.55 Å². The third-order valence-corrected chi connectivity index (χ3v) is 4.70. The lowest BCUT2D eigenvalue weighted by Crippen LogP contribution is -2.24. The number of rotatable bonds is 3. The quantitative estimate of drug-likeness (QED) is 0.742. The lowest BCUT2D eigenvalue weighted by atomic mass is 10.2. The van der Waals surface area contributed by atoms with Crippen LogP contribution in [0.25, 0.3) is 10.2 Å². The van der Waals surface area contributed by atoms with Gasteiger partial charge in [-0.2, -0.15) is 0 Å². The molecule has 0 aliphatic carbocycles. The Morgan fingerprint density at radius 1 is 1.33 bits per heavy atom. The van der Waals surface area contributed by atoms with Crippen molar-refractivity contribution in [3.63, 3.8) is 0 Å². The predicted molar refractivity (Wildman–Crippen MR) is 83.5 cm³/mol. The zero-order valence-corrected chi connectivity index (χ0v) is 12.7. The van der Waals surface area contributed by atoms with Crippen molar-refractivity contribution in [3.05, 3.63) is 62.8 Å². The molecule has 0 radical (unpaired) electrons. The molecule has 0 saturated carbocycles. The molecule has 1 aromatic carbocycles. The lowest BCUT2D eigenvalue weighted by Gasteiger charge is -2.10. The van der Waals surface area contributed by atoms with Crippen LogP contribution in [-0.4, -0.2) is 9.55 Å². The fourth-order valence-corrected chi connectivity index (χ4v) is 3.33. The van der Waals surface area contributed by atoms with Gasteiger partial charge in [0, 0.05) is 10.4 Å². The van der Waals surface area contributed by atoms with Gasteiger partial charge in [0.1, 0.15) is 16.5 Å². The van der Waals surface area contributed by atoms with Gasteiger partial charge in [0.2, 0.25) is 0 Å². The number of aromatic nitrogens is 2. The third kappa shape index (κ3) is 2.49. The molecule has 21 heavy (non-hydrogen) atoms. The van der Waals surface area contributed by atoms with E-state index in [9.17, 15) is 9.18 Å². The predicted octanol–water partition coefficient (Wildman–Crippen LogP) is 3.52. The van der Waals surface area contributed by atoms with E-state index >= 15 is 0 Å². The third-order valence-electron chi connectivity index (χ3n) is 3.53. The van der Waals surface area contributed by atoms with Crippen LogP contribution in [0, 0.1) is 12.7 Å². The molecule has 0 bridgehead atoms. The van der Waals surface area contributed by atoms with Gasteiger partial charge < -0.3 is 0 Å². The maximum Gasteiger partial charge on any atom is 0.262 e. The topological polar surface area (TPSA) is 34.9 Å². The first-order valence-electron chi connectivity index (χ1n) is 6.83. The second-order valence-electron chi connectivity index (χ2n) is 4.93. The Hall–Kier alpha value is -2.01. The number of thiophene rings is 1. The molecule has 2 heterocycles. The molecule has 3 rings (SSSR count). The van der Waals surface area contributed by atoms with E-state index in [1.54, 1.807) is 36.5 Å². The second-order valence-corrected chi connectivity index (χ2v) is 6.04. The summed E-state index contributed by atoms with van der Waals surface area (Å²) in [4.78, 5) is 19.0. The van der Waals surface area contributed by atoms with Gasteiger partial charge in [0.25, 0.3) is 5.56 Å². The summed E-state index contributed by atoms with van der Waals surface area (Å²) in [6.07, 6.45) is 0.882. The molecule has 0 unspecified atom stereocenters. The zero-order valence-electron chi connectivity index (χ0n) is 11.9. The summed E-state index contributed by atoms with van der Waals surface area (Å²) in [5.41, 5.74) is 0.395. The van der Waals surface area contributed by atoms with Gasteiger partial charge in [-0.15, -0.1) is 11.3 Å². The van der Waals surface area contributed by atoms with Crippen molar-refractivity contribution < 1.29 is 4.39 Å². The first-order chi connectivity index (χ1) is 10.1. The Labute approximate surface area is 125 Å². The number of nitrogens with zero attached hydrogens (tertiary/aromatic N) is 2. The molecule has 2 aromatic heterocycles. The zero-order chi connectivity index (χ0) is 15.0. The molecular weight excluding hydrogens is 287 g/mol. The molecule has 0 aliphatic heterocycles. The van der Waals surface area contributed by atoms with Gasteiger partial charge in [-0.1, -0.05) is 25.1 Å². The minimum absolute atomic E-state index is 0.100. The molecule has 3 aromatic rings. The van der Waals surface area contributed by atoms with Gasteiger partial charge >= 0.3 is 0 Å². The largest absolute Gasteiger partial charge is 0.292 e. The molecule has 3 nitrogen and oxygen atoms in total. The summed E-state index contributed by atoms with van der Waals surface area (Å²) in [5.74, 6) is 0.309. The van der Waals surface area contributed by atoms with E-state index < -0.39 is 0 Å². The second kappa shape index (κ2) is 5.41. The summed E-state index contributed by atoms with van der Waals surface area (Å²) in [6.45, 7) is 4.04. The summed E-state index contributed by atoms with van der Waals surface area (Å²) in [5, 5.41) is 0.624. The van der Waals surface area contributed by atoms with Crippen LogP contribution in [0.15, 0.2) is 35.1 Å². The highest BCUT2D eigenvalue weighted by molar-refractivity contribution is 7.18. The van der Waals surface area contributed by atoms with Crippen molar-refractivity contribution >= 4 is 21.6 Å². The van der Waals surface area contributed by atoms with E-state index in [0.29, 0.717) is 16.8 Å². The summed E-state index contributed by atoms with van der Waals surface area (Å²) in [7, 11) is 0. The van der Waals surface area contributed by atoms with Crippen molar-refractivity contribution in [2.24, 2.45) is 0 Å². The normalized spacial score (nSPS) is 11.2. The molecule has 0 amide bonds. The molecule has 0 aliphatic rings. The van der Waals surface area contributed by atoms with Gasteiger partial charge in [-0.25, -0.2) is 9.37 Å². The maximum atomic E-state index is 13.8. The van der Waals surface area contributed by atoms with Crippen molar-refractivity contribution in [2.45, 2.75) is 26.8 Å². The van der Waals surface area contributed by atoms with E-state index in [-0.39, 0.29) is 17.9 Å². The lowest BCUT2D eigenvalue weighted by molar-refractivity contribution is 0.591. The minimum atomic E-state index is -0.302. The van der Waals surface area contributed by atoms with Crippen LogP contribution in [-0.2, 0) is 13.0 Å². The minimum Gasteiger partial charge on any atom is -0.292 e. The van der Waals surface area contributed by atoms with Crippen molar-refractivity contribution in [1.29, 1.82) is 0 Å². The smallest absolute Gasteiger partial charge is 0.262 e. The highest BCUT2D eigenvalue weighted by Gasteiger charge is 2.12. The number of hydrogen-bond donors (Lipinski definition) is 0. The van der Waals surface area contributed by atoms with E-state index in [4.69, 9.17) is 0 Å². The molecule has 108 valence electrons. The first-order valence-corrected chi connectivity index (χ1v) is 7.65.